The van der Waals surface area contributed by atoms with Gasteiger partial charge < -0.3 is 131 Å². The number of amides is 16. The van der Waals surface area contributed by atoms with Crippen molar-refractivity contribution in [3.63, 3.8) is 0 Å². The van der Waals surface area contributed by atoms with E-state index in [1.54, 1.807) is 111 Å². The van der Waals surface area contributed by atoms with Gasteiger partial charge in [0, 0.05) is 117 Å². The van der Waals surface area contributed by atoms with E-state index in [9.17, 15) is 125 Å². The molecule has 24 N–H and O–H groups in total. The molecule has 2 aromatic heterocycles. The third-order valence-corrected chi connectivity index (χ3v) is 23.0. The number of primary amides is 2. The van der Waals surface area contributed by atoms with Gasteiger partial charge in [0.05, 0.1) is 31.0 Å². The van der Waals surface area contributed by atoms with Crippen molar-refractivity contribution >= 4 is 118 Å². The summed E-state index contributed by atoms with van der Waals surface area (Å²) in [4.78, 5) is 269. The second-order valence-corrected chi connectivity index (χ2v) is 37.0. The number of carboxylic acid groups (broad SMARTS) is 4. The minimum absolute atomic E-state index is 0.0891. The summed E-state index contributed by atoms with van der Waals surface area (Å²) in [5.41, 5.74) is 17.3. The fraction of sp³-hybridized carbons (Fsp3) is 0.464. The molecule has 794 valence electrons. The molecule has 45 nitrogen and oxygen atoms in total. The minimum Gasteiger partial charge on any atom is -0.481 e. The fourth-order valence-electron chi connectivity index (χ4n) is 15.7. The van der Waals surface area contributed by atoms with Crippen molar-refractivity contribution in [3.8, 4) is 22.3 Å². The summed E-state index contributed by atoms with van der Waals surface area (Å²) >= 11 is 0. The van der Waals surface area contributed by atoms with E-state index in [1.807, 2.05) is 0 Å². The first-order valence-electron chi connectivity index (χ1n) is 46.5. The van der Waals surface area contributed by atoms with Crippen LogP contribution in [0, 0.1) is 34.1 Å². The van der Waals surface area contributed by atoms with E-state index in [0.717, 1.165) is 68.3 Å². The van der Waals surface area contributed by atoms with Crippen molar-refractivity contribution in [2.45, 2.75) is 238 Å². The molecule has 11 unspecified atom stereocenters. The molecular weight excluding hydrogens is 1920 g/mol. The van der Waals surface area contributed by atoms with Crippen LogP contribution in [-0.4, -0.2) is 274 Å². The van der Waals surface area contributed by atoms with Gasteiger partial charge in [-0.05, 0) is 130 Å². The highest BCUT2D eigenvalue weighted by molar-refractivity contribution is 6.00. The number of aliphatic hydroxyl groups excluding tert-OH is 2. The number of carboxylic acids is 4. The minimum atomic E-state index is -1.98. The lowest BCUT2D eigenvalue weighted by Crippen LogP contribution is -2.58. The van der Waals surface area contributed by atoms with Crippen molar-refractivity contribution in [2.24, 2.45) is 28.0 Å². The molecule has 0 spiro atoms. The Hall–Kier alpha value is -15.6. The van der Waals surface area contributed by atoms with E-state index in [1.165, 1.54) is 41.2 Å². The van der Waals surface area contributed by atoms with E-state index < -0.39 is 347 Å². The fourth-order valence-corrected chi connectivity index (χ4v) is 15.7. The van der Waals surface area contributed by atoms with Gasteiger partial charge in [0.2, 0.25) is 94.5 Å². The summed E-state index contributed by atoms with van der Waals surface area (Å²) in [6, 6.07) is 5.30. The average molecular weight is 2050 g/mol. The van der Waals surface area contributed by atoms with Gasteiger partial charge in [-0.15, -0.1) is 0 Å². The van der Waals surface area contributed by atoms with Crippen molar-refractivity contribution < 1.29 is 144 Å². The highest BCUT2D eigenvalue weighted by Crippen LogP contribution is 2.44. The lowest BCUT2D eigenvalue weighted by atomic mass is 9.82. The summed E-state index contributed by atoms with van der Waals surface area (Å²) in [5.74, 6) is -26.5. The number of aliphatic carboxylic acids is 4. The van der Waals surface area contributed by atoms with Gasteiger partial charge in [0.15, 0.2) is 0 Å². The molecule has 6 aromatic rings. The molecule has 0 aliphatic heterocycles. The maximum absolute atomic E-state index is 15.6. The molecule has 13 atom stereocenters. The Labute approximate surface area is 836 Å². The number of halogens is 4. The van der Waals surface area contributed by atoms with Crippen LogP contribution in [0.15, 0.2) is 122 Å². The van der Waals surface area contributed by atoms with Gasteiger partial charge in [-0.25, -0.2) is 27.2 Å². The lowest BCUT2D eigenvalue weighted by molar-refractivity contribution is -0.144. The summed E-state index contributed by atoms with van der Waals surface area (Å²) < 4.78 is 64.2. The second kappa shape index (κ2) is 55.9. The first-order chi connectivity index (χ1) is 68.5. The molecular formula is C97H127F4N19O26. The van der Waals surface area contributed by atoms with Crippen LogP contribution in [0.25, 0.3) is 22.3 Å². The number of carbonyl (C=O) groups is 20. The Bertz CT molecular complexity index is 5700. The zero-order valence-corrected chi connectivity index (χ0v) is 82.1. The lowest BCUT2D eigenvalue weighted by Gasteiger charge is -2.41. The molecule has 2 heterocycles. The maximum Gasteiger partial charge on any atom is 0.326 e. The molecule has 0 saturated heterocycles. The van der Waals surface area contributed by atoms with Crippen LogP contribution < -0.4 is 81.0 Å². The Morgan fingerprint density at radius 3 is 1.03 bits per heavy atom. The zero-order valence-electron chi connectivity index (χ0n) is 82.1. The van der Waals surface area contributed by atoms with Crippen LogP contribution in [0.1, 0.15) is 181 Å². The number of nitrogens with zero attached hydrogens (tertiary/aromatic N) is 4. The number of rotatable bonds is 58. The van der Waals surface area contributed by atoms with Crippen LogP contribution >= 0.6 is 0 Å². The van der Waals surface area contributed by atoms with E-state index in [4.69, 9.17) is 27.4 Å². The molecule has 4 aromatic carbocycles. The number of nitrogens with one attached hydrogen (secondary N) is 12. The Balaban J connectivity index is 1.12. The molecule has 49 heteroatoms. The van der Waals surface area contributed by atoms with Gasteiger partial charge in [0.1, 0.15) is 96.9 Å². The van der Waals surface area contributed by atoms with Crippen molar-refractivity contribution in [2.75, 3.05) is 39.4 Å². The first kappa shape index (κ1) is 119. The number of hydrogen-bond acceptors (Lipinski definition) is 23. The number of benzene rings is 4. The quantitative estimate of drug-likeness (QED) is 0.0228. The smallest absolute Gasteiger partial charge is 0.326 e. The second-order valence-electron chi connectivity index (χ2n) is 37.0. The summed E-state index contributed by atoms with van der Waals surface area (Å²) in [7, 11) is 0. The zero-order chi connectivity index (χ0) is 109. The Morgan fingerprint density at radius 1 is 0.370 bits per heavy atom. The van der Waals surface area contributed by atoms with Crippen LogP contribution in [0.4, 0.5) is 17.6 Å². The monoisotopic (exact) mass is 2050 g/mol. The third kappa shape index (κ3) is 37.6. The topological polar surface area (TPSA) is 702 Å². The average Bonchev–Trinajstić information content (AvgIpc) is 1.57. The van der Waals surface area contributed by atoms with Crippen molar-refractivity contribution in [1.82, 2.24) is 82.7 Å². The molecule has 0 aliphatic rings. The van der Waals surface area contributed by atoms with E-state index in [-0.39, 0.29) is 35.3 Å². The number of hydrogen-bond donors (Lipinski definition) is 21. The predicted octanol–water partition coefficient (Wildman–Crippen LogP) is 0.270. The molecule has 6 rings (SSSR count). The Morgan fingerprint density at radius 2 is 0.699 bits per heavy atom. The number of nitrogens with two attached hydrogens (primary N) is 3. The van der Waals surface area contributed by atoms with Gasteiger partial charge in [0.25, 0.3) is 0 Å². The van der Waals surface area contributed by atoms with Gasteiger partial charge in [-0.2, -0.15) is 0 Å². The predicted molar refractivity (Wildman–Crippen MR) is 513 cm³/mol. The summed E-state index contributed by atoms with van der Waals surface area (Å²) in [6.45, 7) is 10.5. The van der Waals surface area contributed by atoms with Crippen LogP contribution in [0.5, 0.6) is 0 Å². The first-order valence-corrected chi connectivity index (χ1v) is 46.5. The highest BCUT2D eigenvalue weighted by Gasteiger charge is 2.43. The molecule has 0 aliphatic carbocycles. The van der Waals surface area contributed by atoms with Gasteiger partial charge in [-0.1, -0.05) is 102 Å². The molecule has 0 radical (unpaired) electrons. The normalized spacial score (nSPS) is 14.0. The molecule has 0 fully saturated rings. The van der Waals surface area contributed by atoms with Gasteiger partial charge in [-0.3, -0.25) is 86.3 Å². The van der Waals surface area contributed by atoms with E-state index in [0.29, 0.717) is 11.4 Å². The van der Waals surface area contributed by atoms with Crippen molar-refractivity contribution in [3.05, 3.63) is 167 Å². The third-order valence-electron chi connectivity index (χ3n) is 23.0. The van der Waals surface area contributed by atoms with Crippen LogP contribution in [0.3, 0.4) is 0 Å². The summed E-state index contributed by atoms with van der Waals surface area (Å²) in [5, 5.41) is 86.6. The van der Waals surface area contributed by atoms with Crippen molar-refractivity contribution in [1.29, 1.82) is 0 Å². The Kier molecular flexibility index (Phi) is 45.6. The molecule has 146 heavy (non-hydrogen) atoms. The molecule has 16 amide bonds. The van der Waals surface area contributed by atoms with Crippen LogP contribution in [-0.2, 0) is 109 Å². The molecule has 0 bridgehead atoms. The number of aromatic nitrogens is 2. The largest absolute Gasteiger partial charge is 0.481 e. The summed E-state index contributed by atoms with van der Waals surface area (Å²) in [6.07, 6.45) is -4.75. The maximum atomic E-state index is 15.6. The van der Waals surface area contributed by atoms with E-state index >= 15 is 8.78 Å². The van der Waals surface area contributed by atoms with E-state index in [2.05, 4.69) is 63.8 Å². The number of aliphatic hydroxyl groups is 2. The van der Waals surface area contributed by atoms with Crippen LogP contribution in [0.2, 0.25) is 0 Å². The SMILES string of the molecule is CC(NC(=O)CCC(N)C(=O)NC(C)C(=O)NC(C)C(=O)NC(CC(N)=O)C(=O)NC(CCN(C(=O)CO)[C@@H](c1cc(-c2cc(F)ccc2F)cn1Cc1ccccc1)C(C)(C)C)C(=O)NCCC(=O)NC(CCC(=O)O)C(=O)O)C(=O)NC(C)C(=O)NC(CC(N)=O)C(=O)NC(CCN(C(=O)CO)[C@@H](c1cc(-c2cc(F)ccc2F)cn1Cc1ccccc1)C(C)(C)C)C(=O)NCCC(=O)NC(CCC(=O)O)C(=O)O. The number of carbonyl (C=O) groups excluding carboxylic acids is 16. The van der Waals surface area contributed by atoms with Gasteiger partial charge >= 0.3 is 23.9 Å². The standard InChI is InChI=1S/C97H127F4N19O26/c1-51(85(134)108-53(3)87(136)115-70(43-74(103)123)92(141)113-66(90(139)105-35-31-77(126)111-68(94(143)144)26-29-81(130)131)33-37-119(79(128)49-121)83(96(5,6)7)72-39-57(61-41-59(98)21-23-63(61)100)47-117(72)45-55-17-13-11-14-18-55)107-76(125)28-25-65(102)89(138)110-52(2)86(135)109-54(4)88(137)116-71(44-75(104)124)93(142)114-67(91(140)106-36-32-78(127)112-69(95(145)146)27-30-82(132)133)34-38-120(80(129)50-122)84(97(8,9)10)73-40-58(62-42-60(99)22-24-64(62)101)48-118(73)46-56-19-15-12-16-20-56/h11-24,39-42,47-48,51-54,65-71,83-84,121-122H,25-38,43-46,49-50,102H2,1-10H3,(H2,103,123)(H2,104,124)(H,105,139)(H,106,140)(H,107,125)(H,108,134)(H,109,135)(H,110,138)(H,111,126)(H,112,127)(H,113,141)(H,114,142)(H,115,136)(H,116,137)(H,130,131)(H,132,133)(H,143,144)(H,145,146)/t51?,52?,53?,54?,65?,66?,67?,68?,69?,70?,71?,83-,84-/m0/s1. The molecule has 0 saturated carbocycles. The highest BCUT2D eigenvalue weighted by atomic mass is 19.1.